The number of hydrogen-bond acceptors (Lipinski definition) is 8. The third kappa shape index (κ3) is 10.3. The fourth-order valence-electron chi connectivity index (χ4n) is 3.43. The lowest BCUT2D eigenvalue weighted by atomic mass is 10.2. The molecule has 2 aromatic heterocycles. The van der Waals surface area contributed by atoms with Crippen LogP contribution in [0.15, 0.2) is 48.5 Å². The number of benzene rings is 2. The summed E-state index contributed by atoms with van der Waals surface area (Å²) in [7, 11) is -6.94. The van der Waals surface area contributed by atoms with Crippen molar-refractivity contribution in [3.8, 4) is 23.8 Å². The minimum atomic E-state index is -1.74. The van der Waals surface area contributed by atoms with Gasteiger partial charge in [-0.05, 0) is 103 Å². The molecule has 2 aromatic carbocycles. The van der Waals surface area contributed by atoms with E-state index < -0.39 is 33.3 Å². The molecule has 4 rings (SSSR count). The lowest BCUT2D eigenvalue weighted by Crippen LogP contribution is -2.32. The molecule has 0 aliphatic heterocycles. The second-order valence-corrected chi connectivity index (χ2v) is 31.2. The minimum Gasteiger partial charge on any atom is -0.531 e. The molecule has 0 aliphatic carbocycles. The van der Waals surface area contributed by atoms with Gasteiger partial charge in [-0.15, -0.1) is 0 Å². The fourth-order valence-corrected chi connectivity index (χ4v) is 6.18. The van der Waals surface area contributed by atoms with Crippen LogP contribution in [0, 0.1) is 0 Å². The molecule has 0 fully saturated rings. The van der Waals surface area contributed by atoms with Crippen molar-refractivity contribution < 1.29 is 17.7 Å². The molecule has 0 saturated carbocycles. The Balaban J connectivity index is 0.000000220. The second kappa shape index (κ2) is 12.0. The summed E-state index contributed by atoms with van der Waals surface area (Å²) in [5.41, 5.74) is 1.73. The van der Waals surface area contributed by atoms with E-state index in [-0.39, 0.29) is 0 Å². The highest BCUT2D eigenvalue weighted by molar-refractivity contribution is 6.71. The van der Waals surface area contributed by atoms with Gasteiger partial charge in [-0.2, -0.15) is 19.9 Å². The van der Waals surface area contributed by atoms with Gasteiger partial charge < -0.3 is 17.7 Å². The molecule has 0 saturated heterocycles. The Labute approximate surface area is 243 Å². The Kier molecular flexibility index (Phi) is 9.49. The highest BCUT2D eigenvalue weighted by Gasteiger charge is 2.24. The average molecular weight is 613 g/mol. The number of para-hydroxylation sites is 2. The first kappa shape index (κ1) is 31.7. The lowest BCUT2D eigenvalue weighted by molar-refractivity contribution is 0.481. The molecule has 0 amide bonds. The van der Waals surface area contributed by atoms with E-state index in [4.69, 9.17) is 17.7 Å². The van der Waals surface area contributed by atoms with Crippen molar-refractivity contribution in [1.82, 2.24) is 19.9 Å². The highest BCUT2D eigenvalue weighted by Crippen LogP contribution is 2.29. The third-order valence-electron chi connectivity index (χ3n) is 4.70. The number of fused-ring (bicyclic) bond motifs is 2. The van der Waals surface area contributed by atoms with Crippen molar-refractivity contribution in [3.63, 3.8) is 0 Å². The molecule has 2 heterocycles. The van der Waals surface area contributed by atoms with Crippen LogP contribution in [-0.4, -0.2) is 53.2 Å². The summed E-state index contributed by atoms with van der Waals surface area (Å²) < 4.78 is 24.0. The average Bonchev–Trinajstić information content (AvgIpc) is 2.75. The Morgan fingerprint density at radius 1 is 0.400 bits per heavy atom. The van der Waals surface area contributed by atoms with Crippen LogP contribution in [0.2, 0.25) is 78.6 Å². The molecule has 8 nitrogen and oxygen atoms in total. The van der Waals surface area contributed by atoms with Crippen molar-refractivity contribution in [2.45, 2.75) is 78.6 Å². The lowest BCUT2D eigenvalue weighted by Gasteiger charge is -2.22. The maximum absolute atomic E-state index is 6.09. The van der Waals surface area contributed by atoms with Gasteiger partial charge in [0.05, 0.1) is 21.8 Å². The van der Waals surface area contributed by atoms with Gasteiger partial charge in [0.15, 0.2) is 0 Å². The van der Waals surface area contributed by atoms with Crippen molar-refractivity contribution >= 4 is 55.1 Å². The first-order valence-corrected chi connectivity index (χ1v) is 27.2. The summed E-state index contributed by atoms with van der Waals surface area (Å²) >= 11 is 0. The van der Waals surface area contributed by atoms with E-state index in [1.165, 1.54) is 0 Å². The summed E-state index contributed by atoms with van der Waals surface area (Å²) in [5.74, 6) is 1.28. The van der Waals surface area contributed by atoms with Gasteiger partial charge in [-0.3, -0.25) is 0 Å². The predicted molar refractivity (Wildman–Crippen MR) is 175 cm³/mol. The molecule has 0 N–H and O–H groups in total. The topological polar surface area (TPSA) is 88.5 Å². The number of hydrogen-bond donors (Lipinski definition) is 0. The van der Waals surface area contributed by atoms with Crippen LogP contribution < -0.4 is 17.7 Å². The van der Waals surface area contributed by atoms with Gasteiger partial charge in [0.1, 0.15) is 0 Å². The highest BCUT2D eigenvalue weighted by atomic mass is 28.4. The van der Waals surface area contributed by atoms with Crippen LogP contribution in [0.3, 0.4) is 0 Å². The maximum atomic E-state index is 6.09. The zero-order valence-electron chi connectivity index (χ0n) is 26.0. The molecular weight excluding hydrogens is 569 g/mol. The quantitative estimate of drug-likeness (QED) is 0.184. The zero-order valence-corrected chi connectivity index (χ0v) is 30.0. The first-order valence-electron chi connectivity index (χ1n) is 13.6. The molecule has 0 aliphatic rings. The van der Waals surface area contributed by atoms with Gasteiger partial charge in [0, 0.05) is 0 Å². The van der Waals surface area contributed by atoms with E-state index in [1.807, 2.05) is 48.5 Å². The SMILES string of the molecule is C[Si](C)(C)Oc1nc(O[Si](C)(C)C)c2ccccc2n1.C[Si](C)(C)Oc1nc(O[Si](C)(C)C)c2ccccc2n1. The van der Waals surface area contributed by atoms with Crippen molar-refractivity contribution in [2.75, 3.05) is 0 Å². The van der Waals surface area contributed by atoms with Gasteiger partial charge >= 0.3 is 12.0 Å². The molecule has 40 heavy (non-hydrogen) atoms. The van der Waals surface area contributed by atoms with Crippen molar-refractivity contribution in [2.24, 2.45) is 0 Å². The van der Waals surface area contributed by atoms with Crippen molar-refractivity contribution in [3.05, 3.63) is 48.5 Å². The smallest absolute Gasteiger partial charge is 0.306 e. The second-order valence-electron chi connectivity index (χ2n) is 13.5. The molecule has 0 radical (unpaired) electrons. The first-order chi connectivity index (χ1) is 18.3. The summed E-state index contributed by atoms with van der Waals surface area (Å²) in [6, 6.07) is 16.6. The standard InChI is InChI=1S/2C14H22N2O2Si2/c2*1-19(2,3)17-13-11-9-7-8-10-12(11)15-14(16-13)18-20(4,5)6/h2*7-10H,1-6H3. The Bertz CT molecular complexity index is 1350. The summed E-state index contributed by atoms with van der Waals surface area (Å²) in [6.45, 7) is 25.5. The van der Waals surface area contributed by atoms with E-state index in [1.54, 1.807) is 0 Å². The van der Waals surface area contributed by atoms with Gasteiger partial charge in [-0.25, -0.2) is 0 Å². The van der Waals surface area contributed by atoms with Crippen LogP contribution in [-0.2, 0) is 0 Å². The molecule has 0 unspecified atom stereocenters. The third-order valence-corrected chi connectivity index (χ3v) is 7.90. The minimum absolute atomic E-state index is 0.427. The van der Waals surface area contributed by atoms with Crippen LogP contribution in [0.5, 0.6) is 23.8 Å². The van der Waals surface area contributed by atoms with Crippen LogP contribution >= 0.6 is 0 Å². The van der Waals surface area contributed by atoms with Crippen LogP contribution in [0.1, 0.15) is 0 Å². The van der Waals surface area contributed by atoms with E-state index in [0.29, 0.717) is 23.8 Å². The van der Waals surface area contributed by atoms with E-state index >= 15 is 0 Å². The molecular formula is C28H44N4O4Si4. The number of nitrogens with zero attached hydrogens (tertiary/aromatic N) is 4. The fraction of sp³-hybridized carbons (Fsp3) is 0.429. The molecule has 0 spiro atoms. The van der Waals surface area contributed by atoms with Crippen molar-refractivity contribution in [1.29, 1.82) is 0 Å². The van der Waals surface area contributed by atoms with Gasteiger partial charge in [-0.1, -0.05) is 24.3 Å². The van der Waals surface area contributed by atoms with E-state index in [0.717, 1.165) is 21.8 Å². The molecule has 12 heteroatoms. The summed E-state index contributed by atoms with van der Waals surface area (Å²) in [4.78, 5) is 17.9. The number of aromatic nitrogens is 4. The summed E-state index contributed by atoms with van der Waals surface area (Å²) in [6.07, 6.45) is 0. The van der Waals surface area contributed by atoms with Gasteiger partial charge in [0.25, 0.3) is 0 Å². The maximum Gasteiger partial charge on any atom is 0.306 e. The zero-order chi connectivity index (χ0) is 29.9. The molecule has 0 bridgehead atoms. The van der Waals surface area contributed by atoms with E-state index in [9.17, 15) is 0 Å². The molecule has 0 atom stereocenters. The number of rotatable bonds is 8. The molecule has 216 valence electrons. The van der Waals surface area contributed by atoms with Gasteiger partial charge in [0.2, 0.25) is 45.0 Å². The molecule has 4 aromatic rings. The monoisotopic (exact) mass is 612 g/mol. The predicted octanol–water partition coefficient (Wildman–Crippen LogP) is 8.11. The Hall–Kier alpha value is -2.81. The Morgan fingerprint density at radius 3 is 1.00 bits per heavy atom. The summed E-state index contributed by atoms with van der Waals surface area (Å²) in [5, 5.41) is 1.88. The largest absolute Gasteiger partial charge is 0.531 e. The Morgan fingerprint density at radius 2 is 0.700 bits per heavy atom. The normalized spacial score (nSPS) is 12.5. The van der Waals surface area contributed by atoms with Crippen LogP contribution in [0.4, 0.5) is 0 Å². The van der Waals surface area contributed by atoms with E-state index in [2.05, 4.69) is 98.5 Å². The van der Waals surface area contributed by atoms with Crippen LogP contribution in [0.25, 0.3) is 21.8 Å².